The monoisotopic (exact) mass is 316 g/mol. The molecule has 0 bridgehead atoms. The van der Waals surface area contributed by atoms with Crippen molar-refractivity contribution in [2.45, 2.75) is 17.2 Å². The molecule has 0 spiro atoms. The van der Waals surface area contributed by atoms with Crippen molar-refractivity contribution in [3.05, 3.63) is 42.7 Å². The van der Waals surface area contributed by atoms with Crippen molar-refractivity contribution in [1.29, 1.82) is 0 Å². The van der Waals surface area contributed by atoms with Crippen LogP contribution < -0.4 is 0 Å². The summed E-state index contributed by atoms with van der Waals surface area (Å²) in [5.74, 6) is -0.842. The Balaban J connectivity index is 2.04. The number of aliphatic carboxylic acids is 1. The van der Waals surface area contributed by atoms with Crippen molar-refractivity contribution in [2.75, 3.05) is 0 Å². The van der Waals surface area contributed by atoms with Crippen molar-refractivity contribution in [1.82, 2.24) is 9.97 Å². The molecule has 2 aromatic heterocycles. The summed E-state index contributed by atoms with van der Waals surface area (Å²) in [6, 6.07) is 12.1. The third-order valence-electron chi connectivity index (χ3n) is 2.99. The van der Waals surface area contributed by atoms with Gasteiger partial charge in [-0.15, -0.1) is 11.3 Å². The third kappa shape index (κ3) is 2.91. The van der Waals surface area contributed by atoms with E-state index in [1.54, 1.807) is 18.3 Å². The van der Waals surface area contributed by atoms with Gasteiger partial charge in [-0.05, 0) is 18.6 Å². The van der Waals surface area contributed by atoms with Crippen molar-refractivity contribution in [3.63, 3.8) is 0 Å². The van der Waals surface area contributed by atoms with Crippen LogP contribution in [0.25, 0.3) is 20.7 Å². The van der Waals surface area contributed by atoms with Gasteiger partial charge in [0.1, 0.15) is 21.4 Å². The van der Waals surface area contributed by atoms with E-state index in [0.29, 0.717) is 5.03 Å². The number of carboxylic acid groups (broad SMARTS) is 1. The molecule has 0 aliphatic rings. The summed E-state index contributed by atoms with van der Waals surface area (Å²) in [5, 5.41) is 10.1. The van der Waals surface area contributed by atoms with Gasteiger partial charge in [0.15, 0.2) is 0 Å². The van der Waals surface area contributed by atoms with Crippen LogP contribution in [-0.4, -0.2) is 26.3 Å². The third-order valence-corrected chi connectivity index (χ3v) is 5.18. The minimum Gasteiger partial charge on any atom is -0.480 e. The first-order valence-corrected chi connectivity index (χ1v) is 8.04. The van der Waals surface area contributed by atoms with Crippen LogP contribution in [0.15, 0.2) is 47.8 Å². The van der Waals surface area contributed by atoms with Gasteiger partial charge in [0.05, 0.1) is 0 Å². The second kappa shape index (κ2) is 5.83. The van der Waals surface area contributed by atoms with Crippen LogP contribution in [0.5, 0.6) is 0 Å². The Bertz CT molecular complexity index is 787. The average Bonchev–Trinajstić information content (AvgIpc) is 2.93. The Morgan fingerprint density at radius 3 is 2.76 bits per heavy atom. The summed E-state index contributed by atoms with van der Waals surface area (Å²) in [4.78, 5) is 21.5. The zero-order valence-corrected chi connectivity index (χ0v) is 12.8. The summed E-state index contributed by atoms with van der Waals surface area (Å²) < 4.78 is 0. The van der Waals surface area contributed by atoms with Gasteiger partial charge in [-0.3, -0.25) is 4.79 Å². The number of nitrogens with zero attached hydrogens (tertiary/aromatic N) is 2. The molecule has 0 radical (unpaired) electrons. The van der Waals surface area contributed by atoms with E-state index < -0.39 is 11.2 Å². The number of carbonyl (C=O) groups is 1. The fraction of sp³-hybridized carbons (Fsp3) is 0.133. The number of hydrogen-bond donors (Lipinski definition) is 1. The molecule has 6 heteroatoms. The predicted octanol–water partition coefficient (Wildman–Crippen LogP) is 3.92. The fourth-order valence-corrected chi connectivity index (χ4v) is 3.79. The van der Waals surface area contributed by atoms with E-state index in [4.69, 9.17) is 5.11 Å². The maximum atomic E-state index is 11.0. The molecule has 1 aromatic carbocycles. The molecule has 0 aliphatic heterocycles. The van der Waals surface area contributed by atoms with Gasteiger partial charge in [-0.2, -0.15) is 0 Å². The molecule has 3 aromatic rings. The highest BCUT2D eigenvalue weighted by molar-refractivity contribution is 8.00. The normalized spacial score (nSPS) is 12.4. The summed E-state index contributed by atoms with van der Waals surface area (Å²) in [5.41, 5.74) is 1.13. The SMILES string of the molecule is CC(Sc1ncnc2sc(-c3ccccc3)cc12)C(=O)O. The molecular formula is C15H12N2O2S2. The average molecular weight is 316 g/mol. The van der Waals surface area contributed by atoms with Crippen LogP contribution in [-0.2, 0) is 4.79 Å². The molecule has 106 valence electrons. The first-order chi connectivity index (χ1) is 10.1. The molecular weight excluding hydrogens is 304 g/mol. The molecule has 0 fully saturated rings. The Labute approximate surface area is 129 Å². The van der Waals surface area contributed by atoms with Crippen molar-refractivity contribution in [2.24, 2.45) is 0 Å². The highest BCUT2D eigenvalue weighted by atomic mass is 32.2. The van der Waals surface area contributed by atoms with Crippen molar-refractivity contribution >= 4 is 39.3 Å². The van der Waals surface area contributed by atoms with Crippen LogP contribution in [0, 0.1) is 0 Å². The first kappa shape index (κ1) is 14.0. The van der Waals surface area contributed by atoms with Crippen molar-refractivity contribution in [3.8, 4) is 10.4 Å². The van der Waals surface area contributed by atoms with Crippen LogP contribution in [0.1, 0.15) is 6.92 Å². The second-order valence-corrected chi connectivity index (χ2v) is 6.83. The van der Waals surface area contributed by atoms with E-state index in [0.717, 1.165) is 20.7 Å². The lowest BCUT2D eigenvalue weighted by molar-refractivity contribution is -0.136. The molecule has 3 rings (SSSR count). The van der Waals surface area contributed by atoms with Gasteiger partial charge >= 0.3 is 5.97 Å². The lowest BCUT2D eigenvalue weighted by Gasteiger charge is -2.05. The standard InChI is InChI=1S/C15H12N2O2S2/c1-9(15(18)19)20-13-11-7-12(10-5-3-2-4-6-10)21-14(11)17-8-16-13/h2-9H,1H3,(H,18,19). The Morgan fingerprint density at radius 1 is 1.29 bits per heavy atom. The summed E-state index contributed by atoms with van der Waals surface area (Å²) in [6.45, 7) is 1.66. The number of fused-ring (bicyclic) bond motifs is 1. The maximum Gasteiger partial charge on any atom is 0.316 e. The highest BCUT2D eigenvalue weighted by Gasteiger charge is 2.17. The summed E-state index contributed by atoms with van der Waals surface area (Å²) in [7, 11) is 0. The topological polar surface area (TPSA) is 63.1 Å². The van der Waals surface area contributed by atoms with E-state index in [-0.39, 0.29) is 0 Å². The number of hydrogen-bond acceptors (Lipinski definition) is 5. The molecule has 2 heterocycles. The van der Waals surface area contributed by atoms with E-state index in [1.165, 1.54) is 18.1 Å². The minimum atomic E-state index is -0.842. The molecule has 1 N–H and O–H groups in total. The Morgan fingerprint density at radius 2 is 2.05 bits per heavy atom. The molecule has 1 atom stereocenters. The van der Waals surface area contributed by atoms with Crippen LogP contribution in [0.3, 0.4) is 0 Å². The number of aromatic nitrogens is 2. The van der Waals surface area contributed by atoms with Crippen molar-refractivity contribution < 1.29 is 9.90 Å². The van der Waals surface area contributed by atoms with Crippen LogP contribution in [0.2, 0.25) is 0 Å². The smallest absolute Gasteiger partial charge is 0.316 e. The Hall–Kier alpha value is -1.92. The zero-order chi connectivity index (χ0) is 14.8. The molecule has 0 amide bonds. The quantitative estimate of drug-likeness (QED) is 0.584. The van der Waals surface area contributed by atoms with Gasteiger partial charge in [-0.25, -0.2) is 9.97 Å². The van der Waals surface area contributed by atoms with Gasteiger partial charge in [0.25, 0.3) is 0 Å². The van der Waals surface area contributed by atoms with E-state index in [1.807, 2.05) is 36.4 Å². The first-order valence-electron chi connectivity index (χ1n) is 6.34. The molecule has 0 saturated heterocycles. The van der Waals surface area contributed by atoms with Crippen LogP contribution >= 0.6 is 23.1 Å². The number of thioether (sulfide) groups is 1. The van der Waals surface area contributed by atoms with Crippen LogP contribution in [0.4, 0.5) is 0 Å². The maximum absolute atomic E-state index is 11.0. The van der Waals surface area contributed by atoms with Gasteiger partial charge < -0.3 is 5.11 Å². The number of rotatable bonds is 4. The van der Waals surface area contributed by atoms with E-state index in [2.05, 4.69) is 9.97 Å². The lowest BCUT2D eigenvalue weighted by atomic mass is 10.2. The van der Waals surface area contributed by atoms with Gasteiger partial charge in [0, 0.05) is 10.3 Å². The van der Waals surface area contributed by atoms with E-state index in [9.17, 15) is 4.79 Å². The minimum absolute atomic E-state index is 0.539. The van der Waals surface area contributed by atoms with E-state index >= 15 is 0 Å². The molecule has 1 unspecified atom stereocenters. The van der Waals surface area contributed by atoms with Gasteiger partial charge in [-0.1, -0.05) is 42.1 Å². The number of carboxylic acids is 1. The fourth-order valence-electron chi connectivity index (χ4n) is 1.89. The second-order valence-electron chi connectivity index (χ2n) is 4.47. The largest absolute Gasteiger partial charge is 0.480 e. The zero-order valence-electron chi connectivity index (χ0n) is 11.2. The molecule has 4 nitrogen and oxygen atoms in total. The predicted molar refractivity (Wildman–Crippen MR) is 85.8 cm³/mol. The molecule has 21 heavy (non-hydrogen) atoms. The van der Waals surface area contributed by atoms with Gasteiger partial charge in [0.2, 0.25) is 0 Å². The number of thiophene rings is 1. The molecule has 0 aliphatic carbocycles. The highest BCUT2D eigenvalue weighted by Crippen LogP contribution is 2.37. The Kier molecular flexibility index (Phi) is 3.90. The summed E-state index contributed by atoms with van der Waals surface area (Å²) >= 11 is 2.83. The number of benzene rings is 1. The lowest BCUT2D eigenvalue weighted by Crippen LogP contribution is -2.11. The summed E-state index contributed by atoms with van der Waals surface area (Å²) in [6.07, 6.45) is 1.49. The molecule has 0 saturated carbocycles.